The van der Waals surface area contributed by atoms with Crippen LogP contribution in [-0.4, -0.2) is 25.0 Å². The van der Waals surface area contributed by atoms with Crippen molar-refractivity contribution >= 4 is 34.2 Å². The molecule has 6 nitrogen and oxygen atoms in total. The summed E-state index contributed by atoms with van der Waals surface area (Å²) in [5.74, 6) is -0.957. The number of carbonyl (C=O) groups excluding carboxylic acids is 3. The lowest BCUT2D eigenvalue weighted by atomic mass is 10.1. The third-order valence-electron chi connectivity index (χ3n) is 2.85. The van der Waals surface area contributed by atoms with Gasteiger partial charge in [0.25, 0.3) is 11.8 Å². The number of benzene rings is 1. The minimum absolute atomic E-state index is 0.205. The van der Waals surface area contributed by atoms with E-state index in [9.17, 15) is 14.4 Å². The largest absolute Gasteiger partial charge is 0.453 e. The van der Waals surface area contributed by atoms with Crippen LogP contribution in [0.15, 0.2) is 35.7 Å². The Kier molecular flexibility index (Phi) is 4.90. The Morgan fingerprint density at radius 2 is 1.73 bits per heavy atom. The molecule has 0 saturated carbocycles. The smallest absolute Gasteiger partial charge is 0.413 e. The van der Waals surface area contributed by atoms with Gasteiger partial charge in [0.1, 0.15) is 5.00 Å². The maximum atomic E-state index is 12.1. The lowest BCUT2D eigenvalue weighted by Gasteiger charge is -2.06. The summed E-state index contributed by atoms with van der Waals surface area (Å²) in [6.45, 7) is 1.93. The molecule has 0 bridgehead atoms. The van der Waals surface area contributed by atoms with Gasteiger partial charge in [0.2, 0.25) is 0 Å². The van der Waals surface area contributed by atoms with Gasteiger partial charge in [0.05, 0.1) is 12.7 Å². The second-order valence-corrected chi connectivity index (χ2v) is 5.35. The highest BCUT2D eigenvalue weighted by Gasteiger charge is 2.17. The number of amides is 3. The van der Waals surface area contributed by atoms with E-state index in [1.807, 2.05) is 24.4 Å². The number of aryl methyl sites for hydroxylation is 1. The minimum atomic E-state index is -0.855. The van der Waals surface area contributed by atoms with Crippen molar-refractivity contribution in [2.45, 2.75) is 6.92 Å². The molecular formula is C15H14N2O4S. The zero-order valence-electron chi connectivity index (χ0n) is 12.0. The molecule has 0 aliphatic carbocycles. The predicted octanol–water partition coefficient (Wildman–Crippen LogP) is 2.81. The average Bonchev–Trinajstić information content (AvgIpc) is 2.95. The van der Waals surface area contributed by atoms with Gasteiger partial charge in [-0.2, -0.15) is 0 Å². The van der Waals surface area contributed by atoms with Gasteiger partial charge in [0.15, 0.2) is 0 Å². The Morgan fingerprint density at radius 3 is 2.36 bits per heavy atom. The highest BCUT2D eigenvalue weighted by Crippen LogP contribution is 2.24. The molecule has 2 rings (SSSR count). The summed E-state index contributed by atoms with van der Waals surface area (Å²) in [5.41, 5.74) is 1.74. The number of anilines is 1. The second-order valence-electron chi connectivity index (χ2n) is 4.43. The number of imide groups is 1. The summed E-state index contributed by atoms with van der Waals surface area (Å²) in [6.07, 6.45) is -0.855. The number of alkyl carbamates (subject to hydrolysis) is 1. The first-order valence-electron chi connectivity index (χ1n) is 6.36. The van der Waals surface area contributed by atoms with Crippen LogP contribution in [0.25, 0.3) is 0 Å². The topological polar surface area (TPSA) is 84.5 Å². The fraction of sp³-hybridized carbons (Fsp3) is 0.133. The summed E-state index contributed by atoms with van der Waals surface area (Å²) in [4.78, 5) is 35.1. The van der Waals surface area contributed by atoms with Crippen molar-refractivity contribution in [1.82, 2.24) is 5.32 Å². The van der Waals surface area contributed by atoms with Crippen molar-refractivity contribution in [3.8, 4) is 0 Å². The third kappa shape index (κ3) is 3.70. The molecule has 0 aliphatic rings. The molecule has 22 heavy (non-hydrogen) atoms. The van der Waals surface area contributed by atoms with Gasteiger partial charge in [-0.05, 0) is 30.5 Å². The number of hydrogen-bond acceptors (Lipinski definition) is 5. The number of thiophene rings is 1. The molecule has 0 radical (unpaired) electrons. The average molecular weight is 318 g/mol. The van der Waals surface area contributed by atoms with E-state index in [4.69, 9.17) is 0 Å². The maximum Gasteiger partial charge on any atom is 0.413 e. The van der Waals surface area contributed by atoms with E-state index in [0.29, 0.717) is 10.6 Å². The summed E-state index contributed by atoms with van der Waals surface area (Å²) in [7, 11) is 1.16. The Balaban J connectivity index is 2.12. The first-order chi connectivity index (χ1) is 10.5. The van der Waals surface area contributed by atoms with Crippen molar-refractivity contribution in [3.05, 3.63) is 52.4 Å². The molecule has 0 aliphatic heterocycles. The van der Waals surface area contributed by atoms with Crippen molar-refractivity contribution in [2.24, 2.45) is 0 Å². The fourth-order valence-corrected chi connectivity index (χ4v) is 2.46. The van der Waals surface area contributed by atoms with E-state index in [2.05, 4.69) is 10.1 Å². The van der Waals surface area contributed by atoms with Crippen LogP contribution < -0.4 is 10.6 Å². The van der Waals surface area contributed by atoms with Gasteiger partial charge in [0, 0.05) is 5.56 Å². The molecule has 1 aromatic carbocycles. The Morgan fingerprint density at radius 1 is 1.05 bits per heavy atom. The van der Waals surface area contributed by atoms with Crippen molar-refractivity contribution in [1.29, 1.82) is 0 Å². The van der Waals surface area contributed by atoms with Crippen molar-refractivity contribution in [3.63, 3.8) is 0 Å². The Labute approximate surface area is 131 Å². The molecule has 1 aromatic heterocycles. The maximum absolute atomic E-state index is 12.1. The summed E-state index contributed by atoms with van der Waals surface area (Å²) in [6, 6.07) is 8.58. The molecule has 2 N–H and O–H groups in total. The molecule has 7 heteroatoms. The molecule has 0 fully saturated rings. The van der Waals surface area contributed by atoms with Crippen LogP contribution >= 0.6 is 11.3 Å². The van der Waals surface area contributed by atoms with Gasteiger partial charge in [-0.15, -0.1) is 11.3 Å². The van der Waals surface area contributed by atoms with Crippen molar-refractivity contribution < 1.29 is 19.1 Å². The standard InChI is InChI=1S/C15H14N2O4S/c1-9-3-5-10(6-4-9)12(18)16-14-11(7-8-22-14)13(19)17-15(20)21-2/h3-8H,1-2H3,(H,16,18)(H,17,19,20). The highest BCUT2D eigenvalue weighted by molar-refractivity contribution is 7.14. The lowest BCUT2D eigenvalue weighted by Crippen LogP contribution is -2.30. The van der Waals surface area contributed by atoms with E-state index in [-0.39, 0.29) is 11.5 Å². The Hall–Kier alpha value is -2.67. The van der Waals surface area contributed by atoms with Crippen LogP contribution in [0.1, 0.15) is 26.3 Å². The first-order valence-corrected chi connectivity index (χ1v) is 7.24. The monoisotopic (exact) mass is 318 g/mol. The van der Waals surface area contributed by atoms with E-state index < -0.39 is 12.0 Å². The van der Waals surface area contributed by atoms with Crippen LogP contribution in [0, 0.1) is 6.92 Å². The van der Waals surface area contributed by atoms with Gasteiger partial charge < -0.3 is 10.1 Å². The Bertz CT molecular complexity index is 707. The second kappa shape index (κ2) is 6.86. The van der Waals surface area contributed by atoms with Gasteiger partial charge in [-0.1, -0.05) is 17.7 Å². The predicted molar refractivity (Wildman–Crippen MR) is 83.3 cm³/mol. The number of methoxy groups -OCH3 is 1. The van der Waals surface area contributed by atoms with Crippen LogP contribution in [0.3, 0.4) is 0 Å². The SMILES string of the molecule is COC(=O)NC(=O)c1ccsc1NC(=O)c1ccc(C)cc1. The molecule has 2 aromatic rings. The van der Waals surface area contributed by atoms with Crippen LogP contribution in [0.2, 0.25) is 0 Å². The summed E-state index contributed by atoms with van der Waals surface area (Å²) in [5, 5.41) is 6.73. The number of nitrogens with one attached hydrogen (secondary N) is 2. The number of ether oxygens (including phenoxy) is 1. The van der Waals surface area contributed by atoms with E-state index in [1.165, 1.54) is 17.4 Å². The normalized spacial score (nSPS) is 9.91. The fourth-order valence-electron chi connectivity index (χ4n) is 1.68. The van der Waals surface area contributed by atoms with Gasteiger partial charge in [-0.3, -0.25) is 14.9 Å². The van der Waals surface area contributed by atoms with Crippen LogP contribution in [-0.2, 0) is 4.74 Å². The van der Waals surface area contributed by atoms with E-state index in [1.54, 1.807) is 17.5 Å². The lowest BCUT2D eigenvalue weighted by molar-refractivity contribution is 0.0938. The number of carbonyl (C=O) groups is 3. The number of rotatable bonds is 3. The zero-order chi connectivity index (χ0) is 16.1. The molecule has 0 spiro atoms. The molecule has 114 valence electrons. The van der Waals surface area contributed by atoms with Gasteiger partial charge >= 0.3 is 6.09 Å². The minimum Gasteiger partial charge on any atom is -0.453 e. The molecule has 0 saturated heterocycles. The van der Waals surface area contributed by atoms with Crippen LogP contribution in [0.4, 0.5) is 9.80 Å². The zero-order valence-corrected chi connectivity index (χ0v) is 12.8. The molecule has 1 heterocycles. The first kappa shape index (κ1) is 15.7. The summed E-state index contributed by atoms with van der Waals surface area (Å²) < 4.78 is 4.37. The third-order valence-corrected chi connectivity index (χ3v) is 3.68. The quantitative estimate of drug-likeness (QED) is 0.911. The molecule has 0 atom stereocenters. The molecule has 3 amide bonds. The summed E-state index contributed by atoms with van der Waals surface area (Å²) >= 11 is 1.19. The molecule has 0 unspecified atom stereocenters. The van der Waals surface area contributed by atoms with Crippen LogP contribution in [0.5, 0.6) is 0 Å². The van der Waals surface area contributed by atoms with E-state index >= 15 is 0 Å². The van der Waals surface area contributed by atoms with Gasteiger partial charge in [-0.25, -0.2) is 4.79 Å². The van der Waals surface area contributed by atoms with Crippen molar-refractivity contribution in [2.75, 3.05) is 12.4 Å². The molecular weight excluding hydrogens is 304 g/mol. The highest BCUT2D eigenvalue weighted by atomic mass is 32.1. The number of hydrogen-bond donors (Lipinski definition) is 2. The van der Waals surface area contributed by atoms with E-state index in [0.717, 1.165) is 12.7 Å².